The fourth-order valence-electron chi connectivity index (χ4n) is 3.17. The summed E-state index contributed by atoms with van der Waals surface area (Å²) in [5, 5.41) is 13.4. The molecule has 4 rings (SSSR count). The highest BCUT2D eigenvalue weighted by molar-refractivity contribution is 6.02. The smallest absolute Gasteiger partial charge is 0.244 e. The third-order valence-corrected chi connectivity index (χ3v) is 4.40. The summed E-state index contributed by atoms with van der Waals surface area (Å²) in [5.74, 6) is -0.0611. The molecule has 3 aromatic heterocycles. The molecule has 0 spiro atoms. The van der Waals surface area contributed by atoms with Crippen molar-refractivity contribution in [3.05, 3.63) is 42.9 Å². The van der Waals surface area contributed by atoms with E-state index < -0.39 is 5.92 Å². The molecule has 0 N–H and O–H groups in total. The van der Waals surface area contributed by atoms with Gasteiger partial charge in [-0.1, -0.05) is 0 Å². The molecule has 25 heavy (non-hydrogen) atoms. The van der Waals surface area contributed by atoms with Crippen molar-refractivity contribution in [2.24, 2.45) is 5.92 Å². The number of amides is 1. The maximum absolute atomic E-state index is 12.4. The highest BCUT2D eigenvalue weighted by Gasteiger charge is 2.33. The van der Waals surface area contributed by atoms with E-state index in [1.165, 1.54) is 0 Å². The van der Waals surface area contributed by atoms with Crippen molar-refractivity contribution in [1.29, 1.82) is 5.26 Å². The number of carbonyl (C=O) groups excluding carboxylic acids is 1. The lowest BCUT2D eigenvalue weighted by molar-refractivity contribution is -0.118. The van der Waals surface area contributed by atoms with Gasteiger partial charge in [0.25, 0.3) is 0 Å². The van der Waals surface area contributed by atoms with Gasteiger partial charge >= 0.3 is 0 Å². The quantitative estimate of drug-likeness (QED) is 0.734. The Morgan fingerprint density at radius 3 is 3.00 bits per heavy atom. The molecule has 3 aromatic rings. The molecule has 0 aliphatic carbocycles. The first kappa shape index (κ1) is 15.1. The summed E-state index contributed by atoms with van der Waals surface area (Å²) < 4.78 is 7.09. The average molecular weight is 333 g/mol. The highest BCUT2D eigenvalue weighted by atomic mass is 16.5. The summed E-state index contributed by atoms with van der Waals surface area (Å²) in [6, 6.07) is 9.46. The first-order valence-corrected chi connectivity index (χ1v) is 7.90. The van der Waals surface area contributed by atoms with E-state index in [2.05, 4.69) is 16.2 Å². The minimum atomic E-state index is -0.571. The summed E-state index contributed by atoms with van der Waals surface area (Å²) >= 11 is 0. The molecule has 0 aromatic carbocycles. The lowest BCUT2D eigenvalue weighted by atomic mass is 10.1. The minimum Gasteiger partial charge on any atom is -0.494 e. The maximum Gasteiger partial charge on any atom is 0.244 e. The van der Waals surface area contributed by atoms with Gasteiger partial charge in [0.15, 0.2) is 0 Å². The van der Waals surface area contributed by atoms with Gasteiger partial charge in [0.1, 0.15) is 17.4 Å². The zero-order valence-corrected chi connectivity index (χ0v) is 13.6. The molecule has 1 unspecified atom stereocenters. The number of nitriles is 1. The Kier molecular flexibility index (Phi) is 3.58. The molecule has 1 amide bonds. The molecule has 1 saturated heterocycles. The first-order valence-electron chi connectivity index (χ1n) is 7.90. The van der Waals surface area contributed by atoms with Crippen LogP contribution in [0.25, 0.3) is 16.8 Å². The van der Waals surface area contributed by atoms with Crippen LogP contribution in [-0.4, -0.2) is 34.2 Å². The fraction of sp³-hybridized carbons (Fsp3) is 0.222. The monoisotopic (exact) mass is 333 g/mol. The van der Waals surface area contributed by atoms with Crippen molar-refractivity contribution in [2.45, 2.75) is 6.42 Å². The number of methoxy groups -OCH3 is 1. The van der Waals surface area contributed by atoms with Crippen LogP contribution in [0.5, 0.6) is 5.75 Å². The number of pyridine rings is 1. The van der Waals surface area contributed by atoms with Crippen molar-refractivity contribution in [3.8, 4) is 23.1 Å². The number of hydrogen-bond donors (Lipinski definition) is 0. The lowest BCUT2D eigenvalue weighted by Gasteiger charge is -2.16. The largest absolute Gasteiger partial charge is 0.494 e. The van der Waals surface area contributed by atoms with Gasteiger partial charge in [0.05, 0.1) is 24.4 Å². The van der Waals surface area contributed by atoms with Gasteiger partial charge in [-0.05, 0) is 30.7 Å². The van der Waals surface area contributed by atoms with E-state index in [4.69, 9.17) is 10.00 Å². The zero-order valence-electron chi connectivity index (χ0n) is 13.6. The van der Waals surface area contributed by atoms with Crippen LogP contribution in [0.2, 0.25) is 0 Å². The van der Waals surface area contributed by atoms with Crippen LogP contribution < -0.4 is 9.64 Å². The van der Waals surface area contributed by atoms with Gasteiger partial charge in [-0.2, -0.15) is 10.4 Å². The van der Waals surface area contributed by atoms with Gasteiger partial charge < -0.3 is 9.64 Å². The minimum absolute atomic E-state index is 0.159. The van der Waals surface area contributed by atoms with Gasteiger partial charge in [0, 0.05) is 30.7 Å². The van der Waals surface area contributed by atoms with Gasteiger partial charge in [-0.25, -0.2) is 4.52 Å². The molecule has 0 saturated carbocycles. The zero-order chi connectivity index (χ0) is 17.4. The van der Waals surface area contributed by atoms with Crippen LogP contribution in [0, 0.1) is 17.2 Å². The first-order chi connectivity index (χ1) is 12.2. The van der Waals surface area contributed by atoms with Crippen molar-refractivity contribution < 1.29 is 9.53 Å². The molecule has 124 valence electrons. The summed E-state index contributed by atoms with van der Waals surface area (Å²) in [7, 11) is 1.60. The van der Waals surface area contributed by atoms with E-state index in [0.717, 1.165) is 16.8 Å². The Balaban J connectivity index is 1.83. The number of carbonyl (C=O) groups is 1. The van der Waals surface area contributed by atoms with Gasteiger partial charge in [-0.15, -0.1) is 0 Å². The number of hydrogen-bond acceptors (Lipinski definition) is 5. The lowest BCUT2D eigenvalue weighted by Crippen LogP contribution is -2.27. The standard InChI is InChI=1S/C18H15N5O2/c1-25-16-3-2-6-20-17(16)13-9-15-14(4-7-21-23(15)11-13)22-8-5-12(10-19)18(22)24/h2-4,6-7,9,11-12H,5,8H2,1H3. The number of rotatable bonds is 3. The molecule has 7 heteroatoms. The molecule has 0 bridgehead atoms. The van der Waals surface area contributed by atoms with Crippen LogP contribution in [0.4, 0.5) is 5.69 Å². The summed E-state index contributed by atoms with van der Waals surface area (Å²) in [4.78, 5) is 18.4. The normalized spacial score (nSPS) is 17.0. The van der Waals surface area contributed by atoms with Crippen LogP contribution >= 0.6 is 0 Å². The van der Waals surface area contributed by atoms with Crippen LogP contribution in [0.1, 0.15) is 6.42 Å². The molecule has 4 heterocycles. The maximum atomic E-state index is 12.4. The predicted octanol–water partition coefficient (Wildman–Crippen LogP) is 2.28. The fourth-order valence-corrected chi connectivity index (χ4v) is 3.17. The number of fused-ring (bicyclic) bond motifs is 1. The van der Waals surface area contributed by atoms with Crippen LogP contribution in [0.15, 0.2) is 42.9 Å². The summed E-state index contributed by atoms with van der Waals surface area (Å²) in [5.41, 5.74) is 3.10. The molecule has 1 atom stereocenters. The van der Waals surface area contributed by atoms with Crippen LogP contribution in [-0.2, 0) is 4.79 Å². The summed E-state index contributed by atoms with van der Waals surface area (Å²) in [6.45, 7) is 0.532. The molecular formula is C18H15N5O2. The van der Waals surface area contributed by atoms with E-state index in [0.29, 0.717) is 24.4 Å². The SMILES string of the molecule is COc1cccnc1-c1cc2c(N3CCC(C#N)C3=O)ccnn2c1. The van der Waals surface area contributed by atoms with E-state index in [1.54, 1.807) is 35.0 Å². The molecule has 1 aliphatic rings. The van der Waals surface area contributed by atoms with E-state index >= 15 is 0 Å². The summed E-state index contributed by atoms with van der Waals surface area (Å²) in [6.07, 6.45) is 5.75. The highest BCUT2D eigenvalue weighted by Crippen LogP contribution is 2.33. The van der Waals surface area contributed by atoms with Crippen LogP contribution in [0.3, 0.4) is 0 Å². The van der Waals surface area contributed by atoms with Crippen molar-refractivity contribution >= 4 is 17.1 Å². The average Bonchev–Trinajstić information content (AvgIpc) is 3.24. The number of nitrogens with zero attached hydrogens (tertiary/aromatic N) is 5. The van der Waals surface area contributed by atoms with Gasteiger partial charge in [0.2, 0.25) is 5.91 Å². The second-order valence-electron chi connectivity index (χ2n) is 5.79. The van der Waals surface area contributed by atoms with E-state index in [9.17, 15) is 4.79 Å². The topological polar surface area (TPSA) is 83.5 Å². The Morgan fingerprint density at radius 2 is 2.24 bits per heavy atom. The van der Waals surface area contributed by atoms with Crippen molar-refractivity contribution in [2.75, 3.05) is 18.6 Å². The third kappa shape index (κ3) is 2.39. The van der Waals surface area contributed by atoms with Crippen molar-refractivity contribution in [1.82, 2.24) is 14.6 Å². The molecule has 7 nitrogen and oxygen atoms in total. The van der Waals surface area contributed by atoms with E-state index in [-0.39, 0.29) is 5.91 Å². The number of anilines is 1. The number of aromatic nitrogens is 3. The Morgan fingerprint density at radius 1 is 1.36 bits per heavy atom. The van der Waals surface area contributed by atoms with Crippen molar-refractivity contribution in [3.63, 3.8) is 0 Å². The molecule has 1 fully saturated rings. The molecule has 1 aliphatic heterocycles. The number of ether oxygens (including phenoxy) is 1. The van der Waals surface area contributed by atoms with E-state index in [1.807, 2.05) is 24.4 Å². The predicted molar refractivity (Wildman–Crippen MR) is 91.0 cm³/mol. The second-order valence-corrected chi connectivity index (χ2v) is 5.79. The third-order valence-electron chi connectivity index (χ3n) is 4.40. The van der Waals surface area contributed by atoms with Gasteiger partial charge in [-0.3, -0.25) is 9.78 Å². The molecular weight excluding hydrogens is 318 g/mol. The second kappa shape index (κ2) is 5.91. The molecule has 0 radical (unpaired) electrons. The Bertz CT molecular complexity index is 1000. The Labute approximate surface area is 144 Å². The Hall–Kier alpha value is -3.40.